The summed E-state index contributed by atoms with van der Waals surface area (Å²) in [6.45, 7) is 6.00. The third-order valence-electron chi connectivity index (χ3n) is 3.29. The minimum absolute atomic E-state index is 0.137. The van der Waals surface area contributed by atoms with E-state index in [9.17, 15) is 13.2 Å². The summed E-state index contributed by atoms with van der Waals surface area (Å²) in [5.41, 5.74) is -0.0804. The van der Waals surface area contributed by atoms with E-state index >= 15 is 0 Å². The maximum atomic E-state index is 12.9. The minimum atomic E-state index is -4.41. The van der Waals surface area contributed by atoms with Crippen LogP contribution in [0, 0.1) is 0 Å². The maximum absolute atomic E-state index is 12.9. The fraction of sp³-hybridized carbons (Fsp3) is 0.533. The molecule has 0 saturated heterocycles. The molecule has 116 valence electrons. The van der Waals surface area contributed by atoms with Crippen LogP contribution in [0.25, 0.3) is 0 Å². The topological polar surface area (TPSA) is 30.8 Å². The van der Waals surface area contributed by atoms with Gasteiger partial charge in [0.1, 0.15) is 12.4 Å². The highest BCUT2D eigenvalue weighted by molar-refractivity contribution is 5.99. The first-order chi connectivity index (χ1) is 9.68. The highest BCUT2D eigenvalue weighted by Crippen LogP contribution is 2.37. The molecule has 0 bridgehead atoms. The lowest BCUT2D eigenvalue weighted by molar-refractivity contribution is -0.137. The molecule has 2 rings (SSSR count). The average molecular weight is 301 g/mol. The van der Waals surface area contributed by atoms with Gasteiger partial charge in [0, 0.05) is 0 Å². The summed E-state index contributed by atoms with van der Waals surface area (Å²) < 4.78 is 49.5. The minimum Gasteiger partial charge on any atom is -0.496 e. The van der Waals surface area contributed by atoms with Crippen LogP contribution in [-0.2, 0) is 17.3 Å². The van der Waals surface area contributed by atoms with E-state index in [0.29, 0.717) is 30.1 Å². The Bertz CT molecular complexity index is 552. The Morgan fingerprint density at radius 1 is 1.33 bits per heavy atom. The van der Waals surface area contributed by atoms with Crippen molar-refractivity contribution in [2.24, 2.45) is 4.99 Å². The van der Waals surface area contributed by atoms with E-state index in [2.05, 4.69) is 4.99 Å². The predicted octanol–water partition coefficient (Wildman–Crippen LogP) is 3.83. The van der Waals surface area contributed by atoms with Crippen LogP contribution in [-0.4, -0.2) is 25.2 Å². The van der Waals surface area contributed by atoms with Crippen molar-refractivity contribution in [3.63, 3.8) is 0 Å². The second kappa shape index (κ2) is 5.24. The zero-order valence-corrected chi connectivity index (χ0v) is 12.5. The van der Waals surface area contributed by atoms with Crippen LogP contribution >= 0.6 is 0 Å². The van der Waals surface area contributed by atoms with Gasteiger partial charge in [-0.25, -0.2) is 4.99 Å². The molecule has 1 aliphatic heterocycles. The van der Waals surface area contributed by atoms with E-state index in [0.717, 1.165) is 12.1 Å². The van der Waals surface area contributed by atoms with Crippen LogP contribution < -0.4 is 4.74 Å². The monoisotopic (exact) mass is 301 g/mol. The third-order valence-corrected chi connectivity index (χ3v) is 3.29. The summed E-state index contributed by atoms with van der Waals surface area (Å²) in [7, 11) is 1.35. The van der Waals surface area contributed by atoms with Crippen molar-refractivity contribution in [2.45, 2.75) is 38.9 Å². The molecule has 1 aromatic carbocycles. The molecule has 0 saturated carbocycles. The van der Waals surface area contributed by atoms with Gasteiger partial charge in [-0.3, -0.25) is 0 Å². The van der Waals surface area contributed by atoms with Gasteiger partial charge in [0.2, 0.25) is 5.90 Å². The Labute approximate surface area is 121 Å². The lowest BCUT2D eigenvalue weighted by Gasteiger charge is -2.16. The maximum Gasteiger partial charge on any atom is 0.416 e. The van der Waals surface area contributed by atoms with Gasteiger partial charge in [0.05, 0.1) is 23.8 Å². The van der Waals surface area contributed by atoms with Gasteiger partial charge in [0.15, 0.2) is 0 Å². The summed E-state index contributed by atoms with van der Waals surface area (Å²) in [6.07, 6.45) is -3.98. The molecule has 1 aliphatic rings. The number of nitrogens with zero attached hydrogens (tertiary/aromatic N) is 1. The largest absolute Gasteiger partial charge is 0.496 e. The molecule has 6 heteroatoms. The van der Waals surface area contributed by atoms with Crippen LogP contribution in [0.2, 0.25) is 0 Å². The molecule has 0 fully saturated rings. The molecule has 0 aromatic heterocycles. The normalized spacial score (nSPS) is 17.4. The van der Waals surface area contributed by atoms with Gasteiger partial charge < -0.3 is 9.47 Å². The second-order valence-corrected chi connectivity index (χ2v) is 5.58. The van der Waals surface area contributed by atoms with Crippen molar-refractivity contribution in [3.05, 3.63) is 28.8 Å². The van der Waals surface area contributed by atoms with Gasteiger partial charge >= 0.3 is 6.18 Å². The van der Waals surface area contributed by atoms with Gasteiger partial charge in [-0.15, -0.1) is 0 Å². The first-order valence-corrected chi connectivity index (χ1v) is 6.69. The second-order valence-electron chi connectivity index (χ2n) is 5.58. The number of halogens is 3. The Morgan fingerprint density at radius 3 is 2.43 bits per heavy atom. The molecule has 21 heavy (non-hydrogen) atoms. The number of methoxy groups -OCH3 is 1. The smallest absolute Gasteiger partial charge is 0.416 e. The Hall–Kier alpha value is -1.72. The molecule has 0 spiro atoms. The fourth-order valence-corrected chi connectivity index (χ4v) is 2.23. The number of aryl methyl sites for hydroxylation is 1. The molecule has 0 unspecified atom stereocenters. The lowest BCUT2D eigenvalue weighted by atomic mass is 9.99. The van der Waals surface area contributed by atoms with E-state index in [1.54, 1.807) is 6.92 Å². The number of rotatable bonds is 3. The molecule has 1 aromatic rings. The van der Waals surface area contributed by atoms with E-state index in [1.807, 2.05) is 13.8 Å². The zero-order chi connectivity index (χ0) is 15.8. The predicted molar refractivity (Wildman–Crippen MR) is 73.9 cm³/mol. The van der Waals surface area contributed by atoms with Crippen LogP contribution in [0.1, 0.15) is 37.5 Å². The van der Waals surface area contributed by atoms with E-state index in [-0.39, 0.29) is 11.3 Å². The van der Waals surface area contributed by atoms with Gasteiger partial charge in [-0.1, -0.05) is 6.92 Å². The average Bonchev–Trinajstić information content (AvgIpc) is 2.75. The van der Waals surface area contributed by atoms with Crippen molar-refractivity contribution in [3.8, 4) is 5.75 Å². The molecule has 0 atom stereocenters. The summed E-state index contributed by atoms with van der Waals surface area (Å²) in [5.74, 6) is 0.487. The van der Waals surface area contributed by atoms with Crippen molar-refractivity contribution >= 4 is 5.90 Å². The van der Waals surface area contributed by atoms with Crippen molar-refractivity contribution in [1.29, 1.82) is 0 Å². The quantitative estimate of drug-likeness (QED) is 0.849. The molecule has 1 heterocycles. The summed E-state index contributed by atoms with van der Waals surface area (Å²) >= 11 is 0. The number of hydrogen-bond donors (Lipinski definition) is 0. The lowest BCUT2D eigenvalue weighted by Crippen LogP contribution is -2.17. The van der Waals surface area contributed by atoms with Gasteiger partial charge in [-0.05, 0) is 38.0 Å². The van der Waals surface area contributed by atoms with Crippen molar-refractivity contribution < 1.29 is 22.6 Å². The summed E-state index contributed by atoms with van der Waals surface area (Å²) in [6, 6.07) is 2.13. The summed E-state index contributed by atoms with van der Waals surface area (Å²) in [4.78, 5) is 4.43. The molecule has 0 amide bonds. The van der Waals surface area contributed by atoms with Crippen LogP contribution in [0.15, 0.2) is 17.1 Å². The molecular weight excluding hydrogens is 283 g/mol. The molecular formula is C15H18F3NO2. The Morgan fingerprint density at radius 2 is 2.00 bits per heavy atom. The van der Waals surface area contributed by atoms with Crippen LogP contribution in [0.5, 0.6) is 5.75 Å². The standard InChI is InChI=1S/C15H18F3NO2/c1-5-9-6-10(15(16,17)18)7-11(20-4)12(9)13-19-14(2,3)8-21-13/h6-7H,5,8H2,1-4H3. The van der Waals surface area contributed by atoms with E-state index in [1.165, 1.54) is 7.11 Å². The highest BCUT2D eigenvalue weighted by atomic mass is 19.4. The number of hydrogen-bond acceptors (Lipinski definition) is 3. The van der Waals surface area contributed by atoms with Crippen LogP contribution in [0.3, 0.4) is 0 Å². The number of benzene rings is 1. The summed E-state index contributed by atoms with van der Waals surface area (Å²) in [5, 5.41) is 0. The van der Waals surface area contributed by atoms with Gasteiger partial charge in [-0.2, -0.15) is 13.2 Å². The van der Waals surface area contributed by atoms with Gasteiger partial charge in [0.25, 0.3) is 0 Å². The number of ether oxygens (including phenoxy) is 2. The van der Waals surface area contributed by atoms with E-state index in [4.69, 9.17) is 9.47 Å². The molecule has 0 N–H and O–H groups in total. The molecule has 0 aliphatic carbocycles. The Kier molecular flexibility index (Phi) is 3.91. The van der Waals surface area contributed by atoms with Crippen molar-refractivity contribution in [1.82, 2.24) is 0 Å². The number of alkyl halides is 3. The SMILES string of the molecule is CCc1cc(C(F)(F)F)cc(OC)c1C1=NC(C)(C)CO1. The van der Waals surface area contributed by atoms with Crippen molar-refractivity contribution in [2.75, 3.05) is 13.7 Å². The van der Waals surface area contributed by atoms with Crippen LogP contribution in [0.4, 0.5) is 13.2 Å². The Balaban J connectivity index is 2.61. The fourth-order valence-electron chi connectivity index (χ4n) is 2.23. The van der Waals surface area contributed by atoms with E-state index < -0.39 is 11.7 Å². The number of aliphatic imine (C=N–C) groups is 1. The molecule has 3 nitrogen and oxygen atoms in total. The first-order valence-electron chi connectivity index (χ1n) is 6.69. The zero-order valence-electron chi connectivity index (χ0n) is 12.5. The highest BCUT2D eigenvalue weighted by Gasteiger charge is 2.35. The third kappa shape index (κ3) is 3.14. The first kappa shape index (κ1) is 15.7. The molecule has 0 radical (unpaired) electrons.